The van der Waals surface area contributed by atoms with E-state index >= 15 is 0 Å². The molecule has 3 amide bonds. The van der Waals surface area contributed by atoms with Crippen LogP contribution in [0.4, 0.5) is 0 Å². The summed E-state index contributed by atoms with van der Waals surface area (Å²) in [6, 6.07) is 6.17. The zero-order valence-corrected chi connectivity index (χ0v) is 12.6. The second-order valence-electron chi connectivity index (χ2n) is 5.67. The highest BCUT2D eigenvalue weighted by Crippen LogP contribution is 2.25. The summed E-state index contributed by atoms with van der Waals surface area (Å²) in [6.45, 7) is 1.91. The van der Waals surface area contributed by atoms with Crippen molar-refractivity contribution in [2.75, 3.05) is 0 Å². The van der Waals surface area contributed by atoms with Crippen LogP contribution in [0, 0.1) is 5.92 Å². The normalized spacial score (nSPS) is 23.5. The summed E-state index contributed by atoms with van der Waals surface area (Å²) in [5.41, 5.74) is 0.413. The van der Waals surface area contributed by atoms with E-state index in [0.29, 0.717) is 17.9 Å². The number of hydrogen-bond acceptors (Lipinski definition) is 5. The average Bonchev–Trinajstić information content (AvgIpc) is 2.79. The molecule has 1 fully saturated rings. The average molecular weight is 316 g/mol. The summed E-state index contributed by atoms with van der Waals surface area (Å²) in [5, 5.41) is 3.27. The molecule has 1 aromatic carbocycles. The van der Waals surface area contributed by atoms with E-state index < -0.39 is 23.7 Å². The number of benzene rings is 1. The molecule has 23 heavy (non-hydrogen) atoms. The van der Waals surface area contributed by atoms with Crippen LogP contribution in [0.1, 0.15) is 46.9 Å². The Morgan fingerprint density at radius 3 is 2.39 bits per heavy atom. The quantitative estimate of drug-likeness (QED) is 0.841. The molecule has 0 radical (unpaired) electrons. The highest BCUT2D eigenvalue weighted by Gasteiger charge is 2.41. The van der Waals surface area contributed by atoms with E-state index in [1.165, 1.54) is 12.1 Å². The molecule has 7 heteroatoms. The molecule has 2 aliphatic rings. The minimum atomic E-state index is -0.729. The van der Waals surface area contributed by atoms with Gasteiger partial charge in [-0.25, -0.2) is 4.79 Å². The van der Waals surface area contributed by atoms with Crippen molar-refractivity contribution in [2.45, 2.75) is 32.2 Å². The van der Waals surface area contributed by atoms with Crippen LogP contribution in [0.2, 0.25) is 0 Å². The SMILES string of the molecule is CCC1CC(C(=O)ON2C(=O)c3ccccc3C2=O)CC(=O)N1. The van der Waals surface area contributed by atoms with Crippen molar-refractivity contribution in [1.82, 2.24) is 10.4 Å². The van der Waals surface area contributed by atoms with Gasteiger partial charge < -0.3 is 10.2 Å². The third kappa shape index (κ3) is 2.69. The lowest BCUT2D eigenvalue weighted by Crippen LogP contribution is -2.45. The summed E-state index contributed by atoms with van der Waals surface area (Å²) >= 11 is 0. The van der Waals surface area contributed by atoms with Crippen LogP contribution in [-0.4, -0.2) is 34.8 Å². The monoisotopic (exact) mass is 316 g/mol. The molecule has 0 aromatic heterocycles. The Labute approximate surface area is 132 Å². The summed E-state index contributed by atoms with van der Waals surface area (Å²) in [6.07, 6.45) is 1.13. The van der Waals surface area contributed by atoms with Crippen molar-refractivity contribution in [3.8, 4) is 0 Å². The molecule has 2 unspecified atom stereocenters. The first kappa shape index (κ1) is 15.2. The van der Waals surface area contributed by atoms with Crippen LogP contribution >= 0.6 is 0 Å². The zero-order chi connectivity index (χ0) is 16.6. The smallest absolute Gasteiger partial charge is 0.336 e. The molecule has 7 nitrogen and oxygen atoms in total. The molecule has 2 atom stereocenters. The molecule has 1 N–H and O–H groups in total. The molecular formula is C16H16N2O5. The summed E-state index contributed by atoms with van der Waals surface area (Å²) in [4.78, 5) is 53.2. The van der Waals surface area contributed by atoms with Gasteiger partial charge in [-0.1, -0.05) is 24.1 Å². The van der Waals surface area contributed by atoms with Crippen molar-refractivity contribution < 1.29 is 24.0 Å². The molecule has 0 spiro atoms. The fourth-order valence-electron chi connectivity index (χ4n) is 2.86. The van der Waals surface area contributed by atoms with Gasteiger partial charge in [0.05, 0.1) is 17.0 Å². The van der Waals surface area contributed by atoms with Crippen molar-refractivity contribution in [3.05, 3.63) is 35.4 Å². The molecule has 2 heterocycles. The van der Waals surface area contributed by atoms with E-state index in [-0.39, 0.29) is 29.5 Å². The van der Waals surface area contributed by atoms with Gasteiger partial charge in [-0.2, -0.15) is 0 Å². The number of nitrogens with one attached hydrogen (secondary N) is 1. The summed E-state index contributed by atoms with van der Waals surface area (Å²) in [5.74, 6) is -2.93. The summed E-state index contributed by atoms with van der Waals surface area (Å²) in [7, 11) is 0. The van der Waals surface area contributed by atoms with Crippen LogP contribution in [0.15, 0.2) is 24.3 Å². The Bertz CT molecular complexity index is 664. The molecule has 0 saturated carbocycles. The minimum absolute atomic E-state index is 0.00149. The predicted octanol–water partition coefficient (Wildman–Crippen LogP) is 1.05. The van der Waals surface area contributed by atoms with E-state index in [1.807, 2.05) is 6.92 Å². The number of hydrogen-bond donors (Lipinski definition) is 1. The van der Waals surface area contributed by atoms with Gasteiger partial charge >= 0.3 is 5.97 Å². The predicted molar refractivity (Wildman–Crippen MR) is 78.0 cm³/mol. The van der Waals surface area contributed by atoms with Crippen LogP contribution in [-0.2, 0) is 14.4 Å². The van der Waals surface area contributed by atoms with Crippen LogP contribution < -0.4 is 5.32 Å². The van der Waals surface area contributed by atoms with Gasteiger partial charge in [0.15, 0.2) is 0 Å². The first-order valence-corrected chi connectivity index (χ1v) is 7.50. The number of carbonyl (C=O) groups is 4. The van der Waals surface area contributed by atoms with Gasteiger partial charge in [-0.05, 0) is 25.0 Å². The van der Waals surface area contributed by atoms with Gasteiger partial charge in [-0.15, -0.1) is 0 Å². The van der Waals surface area contributed by atoms with Crippen molar-refractivity contribution in [2.24, 2.45) is 5.92 Å². The second-order valence-corrected chi connectivity index (χ2v) is 5.67. The molecule has 2 aliphatic heterocycles. The van der Waals surface area contributed by atoms with E-state index in [0.717, 1.165) is 0 Å². The highest BCUT2D eigenvalue weighted by atomic mass is 16.7. The second kappa shape index (κ2) is 5.83. The van der Waals surface area contributed by atoms with Crippen LogP contribution in [0.5, 0.6) is 0 Å². The number of carbonyl (C=O) groups excluding carboxylic acids is 4. The number of imide groups is 1. The largest absolute Gasteiger partial charge is 0.353 e. The fraction of sp³-hybridized carbons (Fsp3) is 0.375. The molecule has 120 valence electrons. The molecule has 1 aromatic rings. The van der Waals surface area contributed by atoms with E-state index in [9.17, 15) is 19.2 Å². The van der Waals surface area contributed by atoms with E-state index in [1.54, 1.807) is 12.1 Å². The van der Waals surface area contributed by atoms with Crippen molar-refractivity contribution in [3.63, 3.8) is 0 Å². The Balaban J connectivity index is 1.73. The van der Waals surface area contributed by atoms with Crippen LogP contribution in [0.25, 0.3) is 0 Å². The zero-order valence-electron chi connectivity index (χ0n) is 12.6. The van der Waals surface area contributed by atoms with Gasteiger partial charge in [0.1, 0.15) is 0 Å². The maximum atomic E-state index is 12.3. The number of nitrogens with zero attached hydrogens (tertiary/aromatic N) is 1. The number of rotatable bonds is 3. The maximum absolute atomic E-state index is 12.3. The van der Waals surface area contributed by atoms with E-state index in [4.69, 9.17) is 4.84 Å². The van der Waals surface area contributed by atoms with Gasteiger partial charge in [0.25, 0.3) is 11.8 Å². The highest BCUT2D eigenvalue weighted by molar-refractivity contribution is 6.20. The Hall–Kier alpha value is -2.70. The van der Waals surface area contributed by atoms with Gasteiger partial charge in [-0.3, -0.25) is 14.4 Å². The molecule has 3 rings (SSSR count). The molecular weight excluding hydrogens is 300 g/mol. The Morgan fingerprint density at radius 2 is 1.83 bits per heavy atom. The molecule has 0 aliphatic carbocycles. The lowest BCUT2D eigenvalue weighted by Gasteiger charge is -2.28. The topological polar surface area (TPSA) is 92.8 Å². The lowest BCUT2D eigenvalue weighted by atomic mass is 9.91. The van der Waals surface area contributed by atoms with Crippen LogP contribution in [0.3, 0.4) is 0 Å². The number of piperidine rings is 1. The van der Waals surface area contributed by atoms with Gasteiger partial charge in [0.2, 0.25) is 5.91 Å². The van der Waals surface area contributed by atoms with E-state index in [2.05, 4.69) is 5.32 Å². The molecule has 1 saturated heterocycles. The third-order valence-electron chi connectivity index (χ3n) is 4.13. The lowest BCUT2D eigenvalue weighted by molar-refractivity contribution is -0.175. The molecule has 0 bridgehead atoms. The first-order valence-electron chi connectivity index (χ1n) is 7.50. The van der Waals surface area contributed by atoms with Crippen molar-refractivity contribution >= 4 is 23.7 Å². The van der Waals surface area contributed by atoms with Crippen molar-refractivity contribution in [1.29, 1.82) is 0 Å². The van der Waals surface area contributed by atoms with Gasteiger partial charge in [0, 0.05) is 12.5 Å². The number of fused-ring (bicyclic) bond motifs is 1. The fourth-order valence-corrected chi connectivity index (χ4v) is 2.86. The number of hydroxylamine groups is 2. The maximum Gasteiger partial charge on any atom is 0.336 e. The third-order valence-corrected chi connectivity index (χ3v) is 4.13. The summed E-state index contributed by atoms with van der Waals surface area (Å²) < 4.78 is 0. The standard InChI is InChI=1S/C16H16N2O5/c1-2-10-7-9(8-13(19)17-10)16(22)23-18-14(20)11-5-3-4-6-12(11)15(18)21/h3-6,9-10H,2,7-8H2,1H3,(H,17,19). The Morgan fingerprint density at radius 1 is 1.22 bits per heavy atom. The first-order chi connectivity index (χ1) is 11.0. The minimum Gasteiger partial charge on any atom is -0.353 e. The Kier molecular flexibility index (Phi) is 3.85. The number of amides is 3.